The summed E-state index contributed by atoms with van der Waals surface area (Å²) in [6, 6.07) is 11.6. The van der Waals surface area contributed by atoms with Gasteiger partial charge in [-0.25, -0.2) is 8.42 Å². The maximum absolute atomic E-state index is 12.8. The molecular formula is C18H21BrN2O4S. The van der Waals surface area contributed by atoms with E-state index in [0.717, 1.165) is 14.3 Å². The molecule has 0 aliphatic heterocycles. The van der Waals surface area contributed by atoms with E-state index < -0.39 is 15.9 Å². The van der Waals surface area contributed by atoms with Gasteiger partial charge in [-0.2, -0.15) is 4.31 Å². The minimum absolute atomic E-state index is 0.115. The summed E-state index contributed by atoms with van der Waals surface area (Å²) in [7, 11) is -2.27. The molecule has 0 saturated carbocycles. The van der Waals surface area contributed by atoms with Gasteiger partial charge in [0, 0.05) is 11.0 Å². The number of sulfonamides is 1. The molecule has 0 saturated heterocycles. The van der Waals surface area contributed by atoms with Crippen molar-refractivity contribution in [1.82, 2.24) is 4.31 Å². The van der Waals surface area contributed by atoms with Gasteiger partial charge in [-0.1, -0.05) is 13.0 Å². The number of methoxy groups -OCH3 is 1. The highest BCUT2D eigenvalue weighted by atomic mass is 79.9. The van der Waals surface area contributed by atoms with E-state index >= 15 is 0 Å². The number of hydrogen-bond acceptors (Lipinski definition) is 4. The summed E-state index contributed by atoms with van der Waals surface area (Å²) >= 11 is 3.39. The normalized spacial score (nSPS) is 11.4. The lowest BCUT2D eigenvalue weighted by molar-refractivity contribution is -0.116. The highest BCUT2D eigenvalue weighted by molar-refractivity contribution is 9.10. The van der Waals surface area contributed by atoms with E-state index in [4.69, 9.17) is 4.74 Å². The number of amides is 1. The molecule has 0 aromatic heterocycles. The van der Waals surface area contributed by atoms with Crippen LogP contribution in [0, 0.1) is 6.92 Å². The van der Waals surface area contributed by atoms with Crippen LogP contribution in [-0.4, -0.2) is 38.8 Å². The predicted octanol–water partition coefficient (Wildman–Crippen LogP) is 3.42. The molecule has 0 heterocycles. The van der Waals surface area contributed by atoms with E-state index in [9.17, 15) is 13.2 Å². The number of nitrogens with zero attached hydrogens (tertiary/aromatic N) is 1. The van der Waals surface area contributed by atoms with Gasteiger partial charge in [0.25, 0.3) is 0 Å². The van der Waals surface area contributed by atoms with E-state index in [-0.39, 0.29) is 18.0 Å². The van der Waals surface area contributed by atoms with Crippen LogP contribution in [0.5, 0.6) is 5.75 Å². The molecule has 0 unspecified atom stereocenters. The molecule has 0 fully saturated rings. The molecule has 2 aromatic rings. The highest BCUT2D eigenvalue weighted by Crippen LogP contribution is 2.24. The molecule has 1 N–H and O–H groups in total. The number of aryl methyl sites for hydroxylation is 1. The van der Waals surface area contributed by atoms with Crippen LogP contribution >= 0.6 is 15.9 Å². The predicted molar refractivity (Wildman–Crippen MR) is 105 cm³/mol. The Bertz CT molecular complexity index is 883. The van der Waals surface area contributed by atoms with Gasteiger partial charge in [-0.15, -0.1) is 0 Å². The molecule has 1 amide bonds. The van der Waals surface area contributed by atoms with Crippen LogP contribution in [0.4, 0.5) is 5.69 Å². The number of hydrogen-bond donors (Lipinski definition) is 1. The van der Waals surface area contributed by atoms with E-state index in [1.807, 2.05) is 19.1 Å². The van der Waals surface area contributed by atoms with E-state index in [0.29, 0.717) is 11.4 Å². The maximum Gasteiger partial charge on any atom is 0.243 e. The van der Waals surface area contributed by atoms with Crippen LogP contribution in [0.25, 0.3) is 0 Å². The first-order chi connectivity index (χ1) is 12.3. The maximum atomic E-state index is 12.8. The first-order valence-electron chi connectivity index (χ1n) is 7.98. The molecule has 0 aliphatic rings. The SMILES string of the molecule is CCN(CC(=O)Nc1ccc(C)cc1Br)S(=O)(=O)c1ccc(OC)cc1. The lowest BCUT2D eigenvalue weighted by Crippen LogP contribution is -2.37. The Morgan fingerprint density at radius 3 is 2.38 bits per heavy atom. The molecular weight excluding hydrogens is 420 g/mol. The van der Waals surface area contributed by atoms with Crippen LogP contribution in [0.15, 0.2) is 51.8 Å². The Morgan fingerprint density at radius 1 is 1.19 bits per heavy atom. The summed E-state index contributed by atoms with van der Waals surface area (Å²) < 4.78 is 32.4. The van der Waals surface area contributed by atoms with Gasteiger partial charge >= 0.3 is 0 Å². The Morgan fingerprint density at radius 2 is 1.85 bits per heavy atom. The molecule has 8 heteroatoms. The van der Waals surface area contributed by atoms with Crippen molar-refractivity contribution in [3.63, 3.8) is 0 Å². The zero-order valence-electron chi connectivity index (χ0n) is 14.8. The number of benzene rings is 2. The third kappa shape index (κ3) is 4.84. The number of halogens is 1. The fraction of sp³-hybridized carbons (Fsp3) is 0.278. The molecule has 6 nitrogen and oxygen atoms in total. The smallest absolute Gasteiger partial charge is 0.243 e. The molecule has 0 radical (unpaired) electrons. The topological polar surface area (TPSA) is 75.7 Å². The summed E-state index contributed by atoms with van der Waals surface area (Å²) in [4.78, 5) is 12.5. The summed E-state index contributed by atoms with van der Waals surface area (Å²) in [6.45, 7) is 3.54. The van der Waals surface area contributed by atoms with E-state index in [1.54, 1.807) is 25.1 Å². The molecule has 26 heavy (non-hydrogen) atoms. The zero-order chi connectivity index (χ0) is 19.3. The van der Waals surface area contributed by atoms with Gasteiger partial charge < -0.3 is 10.1 Å². The monoisotopic (exact) mass is 440 g/mol. The molecule has 0 aliphatic carbocycles. The molecule has 2 rings (SSSR count). The highest BCUT2D eigenvalue weighted by Gasteiger charge is 2.25. The van der Waals surface area contributed by atoms with Crippen molar-refractivity contribution in [3.8, 4) is 5.75 Å². The van der Waals surface area contributed by atoms with Crippen molar-refractivity contribution in [3.05, 3.63) is 52.5 Å². The van der Waals surface area contributed by atoms with Crippen molar-refractivity contribution in [2.75, 3.05) is 25.5 Å². The number of carbonyl (C=O) groups excluding carboxylic acids is 1. The number of carbonyl (C=O) groups is 1. The fourth-order valence-electron chi connectivity index (χ4n) is 2.33. The minimum atomic E-state index is -3.78. The van der Waals surface area contributed by atoms with Crippen molar-refractivity contribution in [2.45, 2.75) is 18.7 Å². The summed E-state index contributed by atoms with van der Waals surface area (Å²) in [5.74, 6) is 0.155. The zero-order valence-corrected chi connectivity index (χ0v) is 17.2. The van der Waals surface area contributed by atoms with Crippen molar-refractivity contribution >= 4 is 37.5 Å². The average Bonchev–Trinajstić information content (AvgIpc) is 2.62. The van der Waals surface area contributed by atoms with E-state index in [1.165, 1.54) is 19.2 Å². The number of anilines is 1. The van der Waals surface area contributed by atoms with Crippen molar-refractivity contribution < 1.29 is 17.9 Å². The van der Waals surface area contributed by atoms with Gasteiger partial charge in [0.2, 0.25) is 15.9 Å². The Hall–Kier alpha value is -1.90. The van der Waals surface area contributed by atoms with Crippen LogP contribution < -0.4 is 10.1 Å². The van der Waals surface area contributed by atoms with Crippen LogP contribution in [0.3, 0.4) is 0 Å². The molecule has 140 valence electrons. The lowest BCUT2D eigenvalue weighted by atomic mass is 10.2. The molecule has 0 spiro atoms. The second-order valence-electron chi connectivity index (χ2n) is 5.64. The summed E-state index contributed by atoms with van der Waals surface area (Å²) in [6.07, 6.45) is 0. The fourth-order valence-corrected chi connectivity index (χ4v) is 4.33. The van der Waals surface area contributed by atoms with Gasteiger partial charge in [0.15, 0.2) is 0 Å². The average molecular weight is 441 g/mol. The first-order valence-corrected chi connectivity index (χ1v) is 10.2. The molecule has 0 atom stereocenters. The Balaban J connectivity index is 2.14. The van der Waals surface area contributed by atoms with Crippen LogP contribution in [0.1, 0.15) is 12.5 Å². The van der Waals surface area contributed by atoms with E-state index in [2.05, 4.69) is 21.2 Å². The lowest BCUT2D eigenvalue weighted by Gasteiger charge is -2.20. The molecule has 0 bridgehead atoms. The minimum Gasteiger partial charge on any atom is -0.497 e. The van der Waals surface area contributed by atoms with Gasteiger partial charge in [-0.3, -0.25) is 4.79 Å². The van der Waals surface area contributed by atoms with Crippen LogP contribution in [0.2, 0.25) is 0 Å². The summed E-state index contributed by atoms with van der Waals surface area (Å²) in [5.41, 5.74) is 1.64. The second kappa shape index (κ2) is 8.66. The van der Waals surface area contributed by atoms with Crippen molar-refractivity contribution in [1.29, 1.82) is 0 Å². The number of likely N-dealkylation sites (N-methyl/N-ethyl adjacent to an activating group) is 1. The third-order valence-electron chi connectivity index (χ3n) is 3.77. The van der Waals surface area contributed by atoms with Crippen molar-refractivity contribution in [2.24, 2.45) is 0 Å². The number of rotatable bonds is 7. The second-order valence-corrected chi connectivity index (χ2v) is 8.43. The largest absolute Gasteiger partial charge is 0.497 e. The first kappa shape index (κ1) is 20.4. The number of ether oxygens (including phenoxy) is 1. The Kier molecular flexibility index (Phi) is 6.80. The molecule has 2 aromatic carbocycles. The quantitative estimate of drug-likeness (QED) is 0.715. The third-order valence-corrected chi connectivity index (χ3v) is 6.36. The number of nitrogens with one attached hydrogen (secondary N) is 1. The van der Waals surface area contributed by atoms with Gasteiger partial charge in [0.05, 0.1) is 24.2 Å². The Labute approximate surface area is 162 Å². The van der Waals surface area contributed by atoms with Crippen LogP contribution in [-0.2, 0) is 14.8 Å². The van der Waals surface area contributed by atoms with Gasteiger partial charge in [0.1, 0.15) is 5.75 Å². The van der Waals surface area contributed by atoms with Gasteiger partial charge in [-0.05, 0) is 64.8 Å². The standard InChI is InChI=1S/C18H21BrN2O4S/c1-4-21(26(23,24)15-8-6-14(25-3)7-9-15)12-18(22)20-17-10-5-13(2)11-16(17)19/h5-11H,4,12H2,1-3H3,(H,20,22). The summed E-state index contributed by atoms with van der Waals surface area (Å²) in [5, 5.41) is 2.73.